The first-order valence-electron chi connectivity index (χ1n) is 4.95. The Balaban J connectivity index is 2.19. The van der Waals surface area contributed by atoms with E-state index < -0.39 is 0 Å². The van der Waals surface area contributed by atoms with Crippen molar-refractivity contribution in [2.45, 2.75) is 0 Å². The van der Waals surface area contributed by atoms with Crippen LogP contribution in [0.4, 0.5) is 5.69 Å². The van der Waals surface area contributed by atoms with Crippen LogP contribution in [0.1, 0.15) is 5.56 Å². The first-order valence-corrected chi connectivity index (χ1v) is 4.95. The second kappa shape index (κ2) is 4.24. The molecule has 5 heteroatoms. The lowest BCUT2D eigenvalue weighted by atomic mass is 10.2. The average Bonchev–Trinajstić information content (AvgIpc) is 2.30. The van der Waals surface area contributed by atoms with Crippen LogP contribution in [0, 0.1) is 11.3 Å². The molecule has 1 aromatic rings. The van der Waals surface area contributed by atoms with Gasteiger partial charge in [0.2, 0.25) is 0 Å². The van der Waals surface area contributed by atoms with Crippen molar-refractivity contribution in [3.05, 3.63) is 18.0 Å². The Labute approximate surface area is 88.9 Å². The Morgan fingerprint density at radius 3 is 2.53 bits per heavy atom. The molecular weight excluding hydrogens is 190 g/mol. The monoisotopic (exact) mass is 203 g/mol. The number of aromatic nitrogens is 2. The van der Waals surface area contributed by atoms with Gasteiger partial charge >= 0.3 is 0 Å². The smallest absolute Gasteiger partial charge is 0.103 e. The highest BCUT2D eigenvalue weighted by Crippen LogP contribution is 2.18. The molecule has 0 atom stereocenters. The number of anilines is 1. The van der Waals surface area contributed by atoms with E-state index in [4.69, 9.17) is 5.26 Å². The molecule has 0 unspecified atom stereocenters. The molecule has 1 aromatic heterocycles. The summed E-state index contributed by atoms with van der Waals surface area (Å²) in [4.78, 5) is 4.46. The van der Waals surface area contributed by atoms with Crippen molar-refractivity contribution < 1.29 is 0 Å². The van der Waals surface area contributed by atoms with E-state index in [2.05, 4.69) is 33.1 Å². The Kier molecular flexibility index (Phi) is 2.79. The maximum absolute atomic E-state index is 8.95. The second-order valence-corrected chi connectivity index (χ2v) is 3.69. The van der Waals surface area contributed by atoms with E-state index in [1.807, 2.05) is 0 Å². The summed E-state index contributed by atoms with van der Waals surface area (Å²) < 4.78 is 0. The maximum atomic E-state index is 8.95. The SMILES string of the molecule is CN1CCN(c2cnncc2C#N)CC1. The number of piperazine rings is 1. The van der Waals surface area contributed by atoms with Crippen LogP contribution in [-0.4, -0.2) is 48.3 Å². The summed E-state index contributed by atoms with van der Waals surface area (Å²) in [5.74, 6) is 0. The fraction of sp³-hybridized carbons (Fsp3) is 0.500. The fourth-order valence-corrected chi connectivity index (χ4v) is 1.70. The normalized spacial score (nSPS) is 17.5. The van der Waals surface area contributed by atoms with E-state index in [-0.39, 0.29) is 0 Å². The second-order valence-electron chi connectivity index (χ2n) is 3.69. The van der Waals surface area contributed by atoms with Gasteiger partial charge in [0, 0.05) is 26.2 Å². The number of nitrogens with zero attached hydrogens (tertiary/aromatic N) is 5. The lowest BCUT2D eigenvalue weighted by Crippen LogP contribution is -2.44. The molecule has 0 bridgehead atoms. The van der Waals surface area contributed by atoms with Crippen LogP contribution in [0.5, 0.6) is 0 Å². The van der Waals surface area contributed by atoms with Gasteiger partial charge in [0.05, 0.1) is 23.6 Å². The van der Waals surface area contributed by atoms with Crippen LogP contribution in [-0.2, 0) is 0 Å². The molecule has 2 heterocycles. The standard InChI is InChI=1S/C10H13N5/c1-14-2-4-15(5-3-14)10-8-13-12-7-9(10)6-11/h7-8H,2-5H2,1H3. The lowest BCUT2D eigenvalue weighted by molar-refractivity contribution is 0.312. The molecule has 0 N–H and O–H groups in total. The Bertz CT molecular complexity index is 376. The van der Waals surface area contributed by atoms with Gasteiger partial charge in [-0.25, -0.2) is 0 Å². The Morgan fingerprint density at radius 2 is 1.87 bits per heavy atom. The van der Waals surface area contributed by atoms with Crippen molar-refractivity contribution in [3.63, 3.8) is 0 Å². The molecule has 1 aliphatic rings. The summed E-state index contributed by atoms with van der Waals surface area (Å²) in [5, 5.41) is 16.5. The predicted molar refractivity (Wildman–Crippen MR) is 56.5 cm³/mol. The molecular formula is C10H13N5. The molecule has 0 saturated carbocycles. The number of nitriles is 1. The minimum atomic E-state index is 0.606. The Morgan fingerprint density at radius 1 is 1.20 bits per heavy atom. The van der Waals surface area contributed by atoms with Gasteiger partial charge in [0.1, 0.15) is 6.07 Å². The predicted octanol–water partition coefficient (Wildman–Crippen LogP) is 0.100. The molecule has 0 radical (unpaired) electrons. The highest BCUT2D eigenvalue weighted by Gasteiger charge is 2.17. The van der Waals surface area contributed by atoms with Gasteiger partial charge in [-0.1, -0.05) is 0 Å². The molecule has 5 nitrogen and oxygen atoms in total. The maximum Gasteiger partial charge on any atom is 0.103 e. The van der Waals surface area contributed by atoms with Crippen LogP contribution in [0.25, 0.3) is 0 Å². The minimum Gasteiger partial charge on any atom is -0.367 e. The molecule has 1 saturated heterocycles. The molecule has 1 aliphatic heterocycles. The van der Waals surface area contributed by atoms with Gasteiger partial charge in [0.15, 0.2) is 0 Å². The molecule has 0 aromatic carbocycles. The van der Waals surface area contributed by atoms with Gasteiger partial charge in [-0.15, -0.1) is 0 Å². The molecule has 78 valence electrons. The van der Waals surface area contributed by atoms with Crippen molar-refractivity contribution in [1.29, 1.82) is 5.26 Å². The molecule has 1 fully saturated rings. The highest BCUT2D eigenvalue weighted by atomic mass is 15.3. The van der Waals surface area contributed by atoms with Crippen LogP contribution in [0.3, 0.4) is 0 Å². The third-order valence-electron chi connectivity index (χ3n) is 2.67. The van der Waals surface area contributed by atoms with Gasteiger partial charge in [0.25, 0.3) is 0 Å². The number of likely N-dealkylation sites (N-methyl/N-ethyl adjacent to an activating group) is 1. The third kappa shape index (κ3) is 2.05. The van der Waals surface area contributed by atoms with Crippen LogP contribution in [0.2, 0.25) is 0 Å². The van der Waals surface area contributed by atoms with Crippen LogP contribution >= 0.6 is 0 Å². The highest BCUT2D eigenvalue weighted by molar-refractivity contribution is 5.56. The van der Waals surface area contributed by atoms with E-state index in [9.17, 15) is 0 Å². The quantitative estimate of drug-likeness (QED) is 0.648. The molecule has 15 heavy (non-hydrogen) atoms. The largest absolute Gasteiger partial charge is 0.367 e. The van der Waals surface area contributed by atoms with Crippen molar-refractivity contribution in [1.82, 2.24) is 15.1 Å². The van der Waals surface area contributed by atoms with E-state index in [0.717, 1.165) is 31.9 Å². The third-order valence-corrected chi connectivity index (χ3v) is 2.67. The Hall–Kier alpha value is -1.67. The van der Waals surface area contributed by atoms with Crippen molar-refractivity contribution >= 4 is 5.69 Å². The minimum absolute atomic E-state index is 0.606. The summed E-state index contributed by atoms with van der Waals surface area (Å²) in [7, 11) is 2.10. The fourth-order valence-electron chi connectivity index (χ4n) is 1.70. The van der Waals surface area contributed by atoms with Crippen molar-refractivity contribution in [3.8, 4) is 6.07 Å². The van der Waals surface area contributed by atoms with E-state index in [0.29, 0.717) is 5.56 Å². The zero-order valence-corrected chi connectivity index (χ0v) is 8.72. The molecule has 0 amide bonds. The summed E-state index contributed by atoms with van der Waals surface area (Å²) in [6.45, 7) is 3.92. The average molecular weight is 203 g/mol. The van der Waals surface area contributed by atoms with Gasteiger partial charge in [-0.3, -0.25) is 0 Å². The number of rotatable bonds is 1. The van der Waals surface area contributed by atoms with Crippen molar-refractivity contribution in [2.24, 2.45) is 0 Å². The topological polar surface area (TPSA) is 56.1 Å². The van der Waals surface area contributed by atoms with Gasteiger partial charge in [-0.05, 0) is 7.05 Å². The zero-order chi connectivity index (χ0) is 10.7. The lowest BCUT2D eigenvalue weighted by Gasteiger charge is -2.33. The van der Waals surface area contributed by atoms with Gasteiger partial charge < -0.3 is 9.80 Å². The molecule has 2 rings (SSSR count). The zero-order valence-electron chi connectivity index (χ0n) is 8.72. The van der Waals surface area contributed by atoms with Crippen LogP contribution in [0.15, 0.2) is 12.4 Å². The van der Waals surface area contributed by atoms with E-state index >= 15 is 0 Å². The van der Waals surface area contributed by atoms with Crippen molar-refractivity contribution in [2.75, 3.05) is 38.1 Å². The first-order chi connectivity index (χ1) is 7.31. The summed E-state index contributed by atoms with van der Waals surface area (Å²) in [6, 6.07) is 2.15. The van der Waals surface area contributed by atoms with E-state index in [1.54, 1.807) is 6.20 Å². The molecule has 0 spiro atoms. The van der Waals surface area contributed by atoms with Crippen LogP contribution < -0.4 is 4.90 Å². The number of hydrogen-bond acceptors (Lipinski definition) is 5. The van der Waals surface area contributed by atoms with Gasteiger partial charge in [-0.2, -0.15) is 15.5 Å². The summed E-state index contributed by atoms with van der Waals surface area (Å²) >= 11 is 0. The molecule has 0 aliphatic carbocycles. The van der Waals surface area contributed by atoms with E-state index in [1.165, 1.54) is 6.20 Å². The number of hydrogen-bond donors (Lipinski definition) is 0. The summed E-state index contributed by atoms with van der Waals surface area (Å²) in [6.07, 6.45) is 3.19. The first kappa shape index (κ1) is 9.87. The summed E-state index contributed by atoms with van der Waals surface area (Å²) in [5.41, 5.74) is 1.51.